The first-order chi connectivity index (χ1) is 29.8. The Labute approximate surface area is 351 Å². The molecule has 282 valence electrons. The molecule has 0 aliphatic rings. The highest BCUT2D eigenvalue weighted by Crippen LogP contribution is 2.49. The number of fused-ring (bicyclic) bond motifs is 11. The van der Waals surface area contributed by atoms with Gasteiger partial charge < -0.3 is 14.2 Å². The number of nitrogens with zero attached hydrogens (tertiary/aromatic N) is 2. The van der Waals surface area contributed by atoms with Crippen molar-refractivity contribution in [2.45, 2.75) is 0 Å². The van der Waals surface area contributed by atoms with Crippen LogP contribution >= 0.6 is 11.3 Å². The van der Waals surface area contributed by atoms with Crippen LogP contribution in [0, 0.1) is 0 Å². The van der Waals surface area contributed by atoms with Crippen LogP contribution in [-0.4, -0.2) is 0 Å². The molecule has 0 fully saturated rings. The molecule has 3 nitrogen and oxygen atoms in total. The maximum absolute atomic E-state index is 6.62. The predicted molar refractivity (Wildman–Crippen MR) is 256 cm³/mol. The Morgan fingerprint density at radius 1 is 0.350 bits per heavy atom. The number of benzene rings is 10. The minimum Gasteiger partial charge on any atom is -0.454 e. The van der Waals surface area contributed by atoms with Crippen LogP contribution in [0.15, 0.2) is 223 Å². The second-order valence-electron chi connectivity index (χ2n) is 15.2. The van der Waals surface area contributed by atoms with Gasteiger partial charge in [-0.25, -0.2) is 0 Å². The van der Waals surface area contributed by atoms with Gasteiger partial charge in [0.25, 0.3) is 0 Å². The van der Waals surface area contributed by atoms with Crippen molar-refractivity contribution in [2.75, 3.05) is 9.80 Å². The molecule has 0 N–H and O–H groups in total. The Bertz CT molecular complexity index is 3560. The summed E-state index contributed by atoms with van der Waals surface area (Å²) < 4.78 is 9.17. The lowest BCUT2D eigenvalue weighted by Gasteiger charge is -2.28. The highest BCUT2D eigenvalue weighted by Gasteiger charge is 2.23. The molecule has 60 heavy (non-hydrogen) atoms. The van der Waals surface area contributed by atoms with Gasteiger partial charge in [0.15, 0.2) is 5.58 Å². The Hall–Kier alpha value is -7.66. The summed E-state index contributed by atoms with van der Waals surface area (Å²) >= 11 is 1.88. The molecule has 0 radical (unpaired) electrons. The highest BCUT2D eigenvalue weighted by atomic mass is 32.1. The Kier molecular flexibility index (Phi) is 8.03. The normalized spacial score (nSPS) is 11.7. The number of furan rings is 1. The van der Waals surface area contributed by atoms with Crippen LogP contribution in [0.1, 0.15) is 0 Å². The zero-order chi connectivity index (χ0) is 39.6. The zero-order valence-corrected chi connectivity index (χ0v) is 33.3. The molecule has 0 unspecified atom stereocenters. The minimum atomic E-state index is 0.874. The summed E-state index contributed by atoms with van der Waals surface area (Å²) in [5, 5.41) is 9.78. The van der Waals surface area contributed by atoms with E-state index in [1.54, 1.807) is 0 Å². The van der Waals surface area contributed by atoms with Crippen molar-refractivity contribution >= 4 is 109 Å². The quantitative estimate of drug-likeness (QED) is 0.150. The second-order valence-corrected chi connectivity index (χ2v) is 16.3. The number of para-hydroxylation sites is 5. The highest BCUT2D eigenvalue weighted by molar-refractivity contribution is 7.27. The van der Waals surface area contributed by atoms with Gasteiger partial charge in [0, 0.05) is 64.6 Å². The fraction of sp³-hybridized carbons (Fsp3) is 0. The molecule has 2 aromatic heterocycles. The van der Waals surface area contributed by atoms with Gasteiger partial charge in [-0.2, -0.15) is 0 Å². The molecular weight excluding hydrogens is 749 g/mol. The topological polar surface area (TPSA) is 19.6 Å². The van der Waals surface area contributed by atoms with E-state index in [2.05, 4.69) is 222 Å². The monoisotopic (exact) mass is 784 g/mol. The van der Waals surface area contributed by atoms with Gasteiger partial charge in [-0.3, -0.25) is 0 Å². The van der Waals surface area contributed by atoms with Crippen molar-refractivity contribution < 1.29 is 4.42 Å². The maximum atomic E-state index is 6.62. The van der Waals surface area contributed by atoms with Crippen LogP contribution in [-0.2, 0) is 0 Å². The van der Waals surface area contributed by atoms with E-state index >= 15 is 0 Å². The van der Waals surface area contributed by atoms with Crippen molar-refractivity contribution in [3.05, 3.63) is 218 Å². The first kappa shape index (κ1) is 34.4. The molecule has 0 saturated heterocycles. The van der Waals surface area contributed by atoms with Gasteiger partial charge in [-0.05, 0) is 88.5 Å². The van der Waals surface area contributed by atoms with E-state index in [9.17, 15) is 0 Å². The van der Waals surface area contributed by atoms with Crippen molar-refractivity contribution in [1.29, 1.82) is 0 Å². The number of rotatable bonds is 7. The molecule has 2 heterocycles. The molecule has 10 aromatic carbocycles. The summed E-state index contributed by atoms with van der Waals surface area (Å²) in [6, 6.07) is 78.4. The van der Waals surface area contributed by atoms with Crippen LogP contribution in [0.3, 0.4) is 0 Å². The van der Waals surface area contributed by atoms with E-state index in [4.69, 9.17) is 4.42 Å². The average Bonchev–Trinajstić information content (AvgIpc) is 3.90. The lowest BCUT2D eigenvalue weighted by atomic mass is 9.96. The average molecular weight is 785 g/mol. The van der Waals surface area contributed by atoms with Crippen LogP contribution < -0.4 is 9.80 Å². The van der Waals surface area contributed by atoms with Crippen LogP contribution in [0.25, 0.3) is 74.8 Å². The predicted octanol–water partition coefficient (Wildman–Crippen LogP) is 16.9. The van der Waals surface area contributed by atoms with Crippen LogP contribution in [0.5, 0.6) is 0 Å². The second kappa shape index (κ2) is 14.0. The summed E-state index contributed by atoms with van der Waals surface area (Å²) in [5.41, 5.74) is 10.7. The summed E-state index contributed by atoms with van der Waals surface area (Å²) in [6.07, 6.45) is 0. The Morgan fingerprint density at radius 3 is 1.68 bits per heavy atom. The lowest BCUT2D eigenvalue weighted by molar-refractivity contribution is 0.669. The van der Waals surface area contributed by atoms with Gasteiger partial charge >= 0.3 is 0 Å². The van der Waals surface area contributed by atoms with E-state index < -0.39 is 0 Å². The summed E-state index contributed by atoms with van der Waals surface area (Å²) in [5.74, 6) is 0. The van der Waals surface area contributed by atoms with E-state index in [0.29, 0.717) is 0 Å². The third-order valence-electron chi connectivity index (χ3n) is 11.8. The van der Waals surface area contributed by atoms with E-state index in [0.717, 1.165) is 56.1 Å². The lowest BCUT2D eigenvalue weighted by Crippen LogP contribution is -2.10. The first-order valence-corrected chi connectivity index (χ1v) is 21.2. The van der Waals surface area contributed by atoms with Crippen molar-refractivity contribution in [2.24, 2.45) is 0 Å². The molecule has 0 saturated carbocycles. The van der Waals surface area contributed by atoms with E-state index in [1.807, 2.05) is 17.4 Å². The molecule has 0 bridgehead atoms. The number of thiophene rings is 1. The molecule has 0 amide bonds. The molecule has 0 atom stereocenters. The molecular formula is C56H36N2OS. The SMILES string of the molecule is c1ccc(-c2ccccc2N(c2ccccc2)c2ccc3c(c2)sc2c4ccc(N(c5ccccc5)c5cccc6c5oc5ccccc56)cc4c4ccccc4c32)cc1. The van der Waals surface area contributed by atoms with E-state index in [1.165, 1.54) is 52.8 Å². The molecule has 0 spiro atoms. The fourth-order valence-electron chi connectivity index (χ4n) is 9.16. The molecule has 4 heteroatoms. The van der Waals surface area contributed by atoms with Gasteiger partial charge in [-0.15, -0.1) is 11.3 Å². The minimum absolute atomic E-state index is 0.874. The Morgan fingerprint density at radius 2 is 0.917 bits per heavy atom. The van der Waals surface area contributed by atoms with E-state index in [-0.39, 0.29) is 0 Å². The third-order valence-corrected chi connectivity index (χ3v) is 13.0. The summed E-state index contributed by atoms with van der Waals surface area (Å²) in [7, 11) is 0. The van der Waals surface area contributed by atoms with Crippen molar-refractivity contribution in [3.63, 3.8) is 0 Å². The molecule has 12 aromatic rings. The molecule has 12 rings (SSSR count). The number of hydrogen-bond donors (Lipinski definition) is 0. The third kappa shape index (κ3) is 5.49. The van der Waals surface area contributed by atoms with Gasteiger partial charge in [0.2, 0.25) is 0 Å². The first-order valence-electron chi connectivity index (χ1n) is 20.3. The standard InChI is InChI=1S/C56H36N2OS/c1-4-17-37(18-5-1)42-23-12-14-28-50(42)57(38-19-6-2-7-20-38)41-32-34-48-53(36-41)60-56-47-33-31-40(35-49(47)43-24-10-11-26-45(43)54(48)56)58(39-21-8-3-9-22-39)51-29-16-27-46-44-25-13-15-30-52(44)59-55(46)51/h1-36H. The molecule has 0 aliphatic heterocycles. The van der Waals surface area contributed by atoms with Crippen molar-refractivity contribution in [1.82, 2.24) is 0 Å². The maximum Gasteiger partial charge on any atom is 0.159 e. The smallest absolute Gasteiger partial charge is 0.159 e. The fourth-order valence-corrected chi connectivity index (χ4v) is 10.4. The Balaban J connectivity index is 1.07. The summed E-state index contributed by atoms with van der Waals surface area (Å²) in [6.45, 7) is 0. The largest absolute Gasteiger partial charge is 0.454 e. The van der Waals surface area contributed by atoms with Gasteiger partial charge in [0.05, 0.1) is 11.4 Å². The van der Waals surface area contributed by atoms with Gasteiger partial charge in [0.1, 0.15) is 5.58 Å². The molecule has 0 aliphatic carbocycles. The van der Waals surface area contributed by atoms with Crippen LogP contribution in [0.2, 0.25) is 0 Å². The number of hydrogen-bond acceptors (Lipinski definition) is 4. The van der Waals surface area contributed by atoms with Gasteiger partial charge in [-0.1, -0.05) is 152 Å². The van der Waals surface area contributed by atoms with Crippen LogP contribution in [0.4, 0.5) is 34.1 Å². The summed E-state index contributed by atoms with van der Waals surface area (Å²) in [4.78, 5) is 4.74. The zero-order valence-electron chi connectivity index (χ0n) is 32.5. The number of anilines is 6. The van der Waals surface area contributed by atoms with Crippen molar-refractivity contribution in [3.8, 4) is 11.1 Å².